The van der Waals surface area contributed by atoms with E-state index >= 15 is 0 Å². The number of piperazine rings is 1. The predicted molar refractivity (Wildman–Crippen MR) is 90.8 cm³/mol. The average Bonchev–Trinajstić information content (AvgIpc) is 2.61. The molecule has 1 aromatic rings. The predicted octanol–water partition coefficient (Wildman–Crippen LogP) is 0.838. The van der Waals surface area contributed by atoms with Crippen LogP contribution in [0.2, 0.25) is 0 Å². The number of nitrogens with one attached hydrogen (secondary N) is 2. The lowest BCUT2D eigenvalue weighted by Gasteiger charge is -2.33. The number of ether oxygens (including phenoxy) is 1. The number of hydrogen-bond acceptors (Lipinski definition) is 4. The van der Waals surface area contributed by atoms with Gasteiger partial charge in [0.15, 0.2) is 0 Å². The van der Waals surface area contributed by atoms with Gasteiger partial charge in [0.1, 0.15) is 5.75 Å². The summed E-state index contributed by atoms with van der Waals surface area (Å²) in [6.45, 7) is 5.49. The van der Waals surface area contributed by atoms with Crippen molar-refractivity contribution in [2.24, 2.45) is 0 Å². The van der Waals surface area contributed by atoms with Crippen molar-refractivity contribution in [3.05, 3.63) is 29.3 Å². The molecule has 0 radical (unpaired) electrons. The zero-order chi connectivity index (χ0) is 16.9. The van der Waals surface area contributed by atoms with Crippen LogP contribution in [0.4, 0.5) is 0 Å². The molecular weight excluding hydrogens is 306 g/mol. The quantitative estimate of drug-likeness (QED) is 0.839. The van der Waals surface area contributed by atoms with E-state index < -0.39 is 0 Å². The minimum atomic E-state index is -0.360. The maximum atomic E-state index is 12.2. The minimum absolute atomic E-state index is 0.0517. The molecule has 6 heteroatoms. The van der Waals surface area contributed by atoms with Gasteiger partial charge in [0.25, 0.3) is 0 Å². The highest BCUT2D eigenvalue weighted by atomic mass is 16.5. The van der Waals surface area contributed by atoms with Crippen molar-refractivity contribution in [1.29, 1.82) is 0 Å². The van der Waals surface area contributed by atoms with Gasteiger partial charge in [0.05, 0.1) is 19.1 Å². The fourth-order valence-electron chi connectivity index (χ4n) is 3.33. The number of benzene rings is 1. The van der Waals surface area contributed by atoms with Crippen molar-refractivity contribution < 1.29 is 14.3 Å². The van der Waals surface area contributed by atoms with Gasteiger partial charge < -0.3 is 15.4 Å². The number of nitrogens with zero attached hydrogens (tertiary/aromatic N) is 1. The fourth-order valence-corrected chi connectivity index (χ4v) is 3.33. The molecule has 2 aliphatic rings. The first kappa shape index (κ1) is 16.8. The number of fused-ring (bicyclic) bond motifs is 1. The number of carbonyl (C=O) groups is 2. The summed E-state index contributed by atoms with van der Waals surface area (Å²) in [5, 5.41) is 5.77. The molecule has 2 amide bonds. The number of aryl methyl sites for hydroxylation is 1. The lowest BCUT2D eigenvalue weighted by atomic mass is 10.0. The molecule has 1 saturated heterocycles. The summed E-state index contributed by atoms with van der Waals surface area (Å²) in [5.41, 5.74) is 2.27. The van der Waals surface area contributed by atoms with Gasteiger partial charge in [-0.05, 0) is 36.6 Å². The normalized spacial score (nSPS) is 20.7. The molecule has 1 aromatic carbocycles. The number of carbonyl (C=O) groups excluding carboxylic acids is 2. The van der Waals surface area contributed by atoms with Crippen molar-refractivity contribution in [2.75, 3.05) is 26.2 Å². The molecule has 24 heavy (non-hydrogen) atoms. The largest absolute Gasteiger partial charge is 0.493 e. The van der Waals surface area contributed by atoms with Crippen LogP contribution in [0, 0.1) is 0 Å². The Balaban J connectivity index is 1.54. The highest BCUT2D eigenvalue weighted by Crippen LogP contribution is 2.25. The Kier molecular flexibility index (Phi) is 5.35. The van der Waals surface area contributed by atoms with Crippen LogP contribution in [0.3, 0.4) is 0 Å². The summed E-state index contributed by atoms with van der Waals surface area (Å²) >= 11 is 0. The van der Waals surface area contributed by atoms with Crippen molar-refractivity contribution in [1.82, 2.24) is 15.5 Å². The SMILES string of the molecule is CCN1CCNC(=O)[C@H]1CC(=O)NCc1ccc2c(c1)CCCO2. The summed E-state index contributed by atoms with van der Waals surface area (Å²) < 4.78 is 5.60. The maximum Gasteiger partial charge on any atom is 0.237 e. The highest BCUT2D eigenvalue weighted by molar-refractivity contribution is 5.88. The van der Waals surface area contributed by atoms with Crippen molar-refractivity contribution in [2.45, 2.75) is 38.8 Å². The van der Waals surface area contributed by atoms with Gasteiger partial charge in [-0.15, -0.1) is 0 Å². The highest BCUT2D eigenvalue weighted by Gasteiger charge is 2.30. The molecular formula is C18H25N3O3. The number of rotatable bonds is 5. The zero-order valence-electron chi connectivity index (χ0n) is 14.1. The monoisotopic (exact) mass is 331 g/mol. The third-order valence-electron chi connectivity index (χ3n) is 4.69. The maximum absolute atomic E-state index is 12.2. The lowest BCUT2D eigenvalue weighted by molar-refractivity contribution is -0.133. The molecule has 2 heterocycles. The number of amides is 2. The second-order valence-corrected chi connectivity index (χ2v) is 6.31. The van der Waals surface area contributed by atoms with Crippen LogP contribution in [-0.4, -0.2) is 49.0 Å². The van der Waals surface area contributed by atoms with Crippen LogP contribution in [-0.2, 0) is 22.6 Å². The molecule has 1 atom stereocenters. The van der Waals surface area contributed by atoms with E-state index in [4.69, 9.17) is 4.74 Å². The van der Waals surface area contributed by atoms with Crippen LogP contribution in [0.15, 0.2) is 18.2 Å². The minimum Gasteiger partial charge on any atom is -0.493 e. The standard InChI is InChI=1S/C18H25N3O3/c1-2-21-8-7-19-18(23)15(21)11-17(22)20-12-13-5-6-16-14(10-13)4-3-9-24-16/h5-6,10,15H,2-4,7-9,11-12H2,1H3,(H,19,23)(H,20,22)/t15-/m1/s1. The first-order valence-corrected chi connectivity index (χ1v) is 8.70. The van der Waals surface area contributed by atoms with E-state index in [-0.39, 0.29) is 24.3 Å². The fraction of sp³-hybridized carbons (Fsp3) is 0.556. The lowest BCUT2D eigenvalue weighted by Crippen LogP contribution is -2.56. The Hall–Kier alpha value is -2.08. The molecule has 130 valence electrons. The van der Waals surface area contributed by atoms with Gasteiger partial charge in [-0.3, -0.25) is 14.5 Å². The van der Waals surface area contributed by atoms with E-state index in [1.165, 1.54) is 5.56 Å². The van der Waals surface area contributed by atoms with E-state index in [9.17, 15) is 9.59 Å². The smallest absolute Gasteiger partial charge is 0.237 e. The second kappa shape index (κ2) is 7.66. The Morgan fingerprint density at radius 3 is 3.17 bits per heavy atom. The van der Waals surface area contributed by atoms with Gasteiger partial charge in [0.2, 0.25) is 11.8 Å². The molecule has 0 saturated carbocycles. The van der Waals surface area contributed by atoms with E-state index in [2.05, 4.69) is 21.6 Å². The Morgan fingerprint density at radius 1 is 1.46 bits per heavy atom. The zero-order valence-corrected chi connectivity index (χ0v) is 14.1. The van der Waals surface area contributed by atoms with Crippen molar-refractivity contribution in [3.8, 4) is 5.75 Å². The van der Waals surface area contributed by atoms with Crippen LogP contribution in [0.5, 0.6) is 5.75 Å². The summed E-state index contributed by atoms with van der Waals surface area (Å²) in [5.74, 6) is 0.808. The molecule has 2 aliphatic heterocycles. The Labute approximate surface area is 142 Å². The van der Waals surface area contributed by atoms with Crippen LogP contribution < -0.4 is 15.4 Å². The molecule has 0 bridgehead atoms. The van der Waals surface area contributed by atoms with Gasteiger partial charge >= 0.3 is 0 Å². The third-order valence-corrected chi connectivity index (χ3v) is 4.69. The Bertz CT molecular complexity index is 618. The van der Waals surface area contributed by atoms with Gasteiger partial charge in [-0.1, -0.05) is 19.1 Å². The number of hydrogen-bond donors (Lipinski definition) is 2. The molecule has 0 aromatic heterocycles. The Morgan fingerprint density at radius 2 is 2.33 bits per heavy atom. The molecule has 6 nitrogen and oxygen atoms in total. The van der Waals surface area contributed by atoms with Crippen molar-refractivity contribution >= 4 is 11.8 Å². The first-order valence-electron chi connectivity index (χ1n) is 8.70. The molecule has 0 aliphatic carbocycles. The van der Waals surface area contributed by atoms with Crippen LogP contribution in [0.25, 0.3) is 0 Å². The van der Waals surface area contributed by atoms with E-state index in [1.807, 2.05) is 19.1 Å². The van der Waals surface area contributed by atoms with Gasteiger partial charge in [0, 0.05) is 19.6 Å². The average molecular weight is 331 g/mol. The van der Waals surface area contributed by atoms with Gasteiger partial charge in [-0.25, -0.2) is 0 Å². The molecule has 3 rings (SSSR count). The topological polar surface area (TPSA) is 70.7 Å². The van der Waals surface area contributed by atoms with E-state index in [0.29, 0.717) is 13.1 Å². The molecule has 1 fully saturated rings. The first-order chi connectivity index (χ1) is 11.7. The second-order valence-electron chi connectivity index (χ2n) is 6.31. The molecule has 2 N–H and O–H groups in total. The van der Waals surface area contributed by atoms with Crippen molar-refractivity contribution in [3.63, 3.8) is 0 Å². The van der Waals surface area contributed by atoms with Crippen LogP contribution >= 0.6 is 0 Å². The summed E-state index contributed by atoms with van der Waals surface area (Å²) in [4.78, 5) is 26.3. The summed E-state index contributed by atoms with van der Waals surface area (Å²) in [6, 6.07) is 5.69. The summed E-state index contributed by atoms with van der Waals surface area (Å²) in [7, 11) is 0. The molecule has 0 spiro atoms. The summed E-state index contributed by atoms with van der Waals surface area (Å²) in [6.07, 6.45) is 2.25. The van der Waals surface area contributed by atoms with Crippen LogP contribution in [0.1, 0.15) is 30.9 Å². The molecule has 0 unspecified atom stereocenters. The van der Waals surface area contributed by atoms with Gasteiger partial charge in [-0.2, -0.15) is 0 Å². The van der Waals surface area contributed by atoms with E-state index in [0.717, 1.165) is 43.9 Å². The third kappa shape index (κ3) is 3.87. The number of likely N-dealkylation sites (N-methyl/N-ethyl adjacent to an activating group) is 1. The van der Waals surface area contributed by atoms with E-state index in [1.54, 1.807) is 0 Å².